The van der Waals surface area contributed by atoms with Gasteiger partial charge in [-0.3, -0.25) is 9.59 Å². The summed E-state index contributed by atoms with van der Waals surface area (Å²) < 4.78 is 1.95. The van der Waals surface area contributed by atoms with Gasteiger partial charge in [0.2, 0.25) is 5.91 Å². The minimum absolute atomic E-state index is 0.00973. The van der Waals surface area contributed by atoms with Gasteiger partial charge in [0, 0.05) is 51.1 Å². The number of imidazole rings is 1. The highest BCUT2D eigenvalue weighted by Crippen LogP contribution is 2.19. The van der Waals surface area contributed by atoms with Crippen LogP contribution in [0.25, 0.3) is 0 Å². The van der Waals surface area contributed by atoms with Crippen LogP contribution in [0, 0.1) is 12.8 Å². The number of carbonyl (C=O) groups excluding carboxylic acids is 2. The summed E-state index contributed by atoms with van der Waals surface area (Å²) >= 11 is 0. The van der Waals surface area contributed by atoms with Crippen molar-refractivity contribution in [3.63, 3.8) is 0 Å². The summed E-state index contributed by atoms with van der Waals surface area (Å²) in [6.07, 6.45) is 6.04. The van der Waals surface area contributed by atoms with Gasteiger partial charge in [-0.25, -0.2) is 4.98 Å². The van der Waals surface area contributed by atoms with Gasteiger partial charge in [0.25, 0.3) is 5.91 Å². The monoisotopic (exact) mass is 354 g/mol. The maximum atomic E-state index is 12.7. The van der Waals surface area contributed by atoms with Crippen molar-refractivity contribution in [3.8, 4) is 0 Å². The zero-order valence-corrected chi connectivity index (χ0v) is 15.4. The number of benzene rings is 1. The Hall–Kier alpha value is -2.63. The van der Waals surface area contributed by atoms with Crippen LogP contribution in [0.3, 0.4) is 0 Å². The second-order valence-electron chi connectivity index (χ2n) is 6.95. The average molecular weight is 354 g/mol. The van der Waals surface area contributed by atoms with Gasteiger partial charge in [0.05, 0.1) is 5.92 Å². The maximum Gasteiger partial charge on any atom is 0.253 e. The van der Waals surface area contributed by atoms with Gasteiger partial charge in [0.15, 0.2) is 0 Å². The van der Waals surface area contributed by atoms with Gasteiger partial charge in [-0.2, -0.15) is 0 Å². The molecule has 2 aromatic rings. The Kier molecular flexibility index (Phi) is 5.71. The Morgan fingerprint density at radius 2 is 2.04 bits per heavy atom. The zero-order valence-electron chi connectivity index (χ0n) is 15.4. The summed E-state index contributed by atoms with van der Waals surface area (Å²) in [6.45, 7) is 3.76. The number of piperidine rings is 1. The Labute approximate surface area is 154 Å². The van der Waals surface area contributed by atoms with Crippen LogP contribution >= 0.6 is 0 Å². The van der Waals surface area contributed by atoms with Crippen molar-refractivity contribution in [3.05, 3.63) is 53.6 Å². The normalized spacial score (nSPS) is 17.2. The molecule has 0 unspecified atom stereocenters. The van der Waals surface area contributed by atoms with Gasteiger partial charge >= 0.3 is 0 Å². The van der Waals surface area contributed by atoms with Crippen molar-refractivity contribution in [1.82, 2.24) is 19.8 Å². The van der Waals surface area contributed by atoms with E-state index < -0.39 is 0 Å². The van der Waals surface area contributed by atoms with Crippen molar-refractivity contribution in [2.75, 3.05) is 19.6 Å². The molecule has 0 saturated carbocycles. The van der Waals surface area contributed by atoms with Crippen LogP contribution < -0.4 is 5.32 Å². The molecule has 0 bridgehead atoms. The van der Waals surface area contributed by atoms with E-state index in [4.69, 9.17) is 0 Å². The smallest absolute Gasteiger partial charge is 0.253 e. The molecule has 1 N–H and O–H groups in total. The molecule has 1 saturated heterocycles. The molecular formula is C20H26N4O2. The molecule has 138 valence electrons. The number of likely N-dealkylation sites (tertiary alicyclic amines) is 1. The predicted octanol–water partition coefficient (Wildman–Crippen LogP) is 1.94. The van der Waals surface area contributed by atoms with Gasteiger partial charge in [0.1, 0.15) is 5.82 Å². The van der Waals surface area contributed by atoms with Crippen LogP contribution in [0.1, 0.15) is 34.6 Å². The quantitative estimate of drug-likeness (QED) is 0.892. The number of rotatable bonds is 5. The first kappa shape index (κ1) is 18.2. The van der Waals surface area contributed by atoms with E-state index in [1.165, 1.54) is 0 Å². The number of hydrogen-bond donors (Lipinski definition) is 1. The molecule has 2 heterocycles. The van der Waals surface area contributed by atoms with Crippen molar-refractivity contribution >= 4 is 11.8 Å². The van der Waals surface area contributed by atoms with E-state index in [2.05, 4.69) is 10.3 Å². The highest BCUT2D eigenvalue weighted by atomic mass is 16.2. The molecule has 6 nitrogen and oxygen atoms in total. The van der Waals surface area contributed by atoms with Crippen LogP contribution in [0.2, 0.25) is 0 Å². The molecule has 2 amide bonds. The lowest BCUT2D eigenvalue weighted by Crippen LogP contribution is -2.45. The summed E-state index contributed by atoms with van der Waals surface area (Å²) in [4.78, 5) is 31.2. The third-order valence-corrected chi connectivity index (χ3v) is 4.95. The number of carbonyl (C=O) groups is 2. The number of aryl methyl sites for hydroxylation is 2. The largest absolute Gasteiger partial charge is 0.355 e. The molecule has 1 aromatic carbocycles. The molecule has 0 radical (unpaired) electrons. The van der Waals surface area contributed by atoms with Crippen LogP contribution in [-0.4, -0.2) is 45.9 Å². The van der Waals surface area contributed by atoms with E-state index >= 15 is 0 Å². The fraction of sp³-hybridized carbons (Fsp3) is 0.450. The van der Waals surface area contributed by atoms with Crippen molar-refractivity contribution in [1.29, 1.82) is 0 Å². The molecule has 26 heavy (non-hydrogen) atoms. The van der Waals surface area contributed by atoms with Crippen LogP contribution in [0.15, 0.2) is 36.7 Å². The summed E-state index contributed by atoms with van der Waals surface area (Å²) in [5, 5.41) is 2.99. The second-order valence-corrected chi connectivity index (χ2v) is 6.95. The molecular weight excluding hydrogens is 328 g/mol. The summed E-state index contributed by atoms with van der Waals surface area (Å²) in [7, 11) is 1.94. The summed E-state index contributed by atoms with van der Waals surface area (Å²) in [5.41, 5.74) is 1.82. The van der Waals surface area contributed by atoms with Crippen LogP contribution in [0.5, 0.6) is 0 Å². The van der Waals surface area contributed by atoms with Gasteiger partial charge < -0.3 is 14.8 Å². The molecule has 3 rings (SSSR count). The third-order valence-electron chi connectivity index (χ3n) is 4.95. The van der Waals surface area contributed by atoms with Crippen LogP contribution in [-0.2, 0) is 18.3 Å². The third kappa shape index (κ3) is 4.31. The maximum absolute atomic E-state index is 12.7. The first-order valence-corrected chi connectivity index (χ1v) is 9.14. The summed E-state index contributed by atoms with van der Waals surface area (Å²) in [6, 6.07) is 7.60. The van der Waals surface area contributed by atoms with Crippen molar-refractivity contribution in [2.24, 2.45) is 13.0 Å². The fourth-order valence-electron chi connectivity index (χ4n) is 3.33. The zero-order chi connectivity index (χ0) is 18.5. The lowest BCUT2D eigenvalue weighted by molar-refractivity contribution is -0.126. The van der Waals surface area contributed by atoms with E-state index in [1.54, 1.807) is 11.1 Å². The van der Waals surface area contributed by atoms with Gasteiger partial charge in [-0.15, -0.1) is 0 Å². The molecule has 0 spiro atoms. The number of nitrogens with one attached hydrogen (secondary N) is 1. The Bertz CT molecular complexity index is 766. The van der Waals surface area contributed by atoms with Gasteiger partial charge in [-0.1, -0.05) is 17.7 Å². The topological polar surface area (TPSA) is 67.2 Å². The van der Waals surface area contributed by atoms with Crippen molar-refractivity contribution < 1.29 is 9.59 Å². The van der Waals surface area contributed by atoms with Crippen LogP contribution in [0.4, 0.5) is 0 Å². The first-order valence-electron chi connectivity index (χ1n) is 9.14. The highest BCUT2D eigenvalue weighted by Gasteiger charge is 2.28. The van der Waals surface area contributed by atoms with E-state index in [0.29, 0.717) is 31.6 Å². The van der Waals surface area contributed by atoms with E-state index in [1.807, 2.05) is 49.0 Å². The average Bonchev–Trinajstić information content (AvgIpc) is 3.07. The van der Waals surface area contributed by atoms with Gasteiger partial charge in [-0.05, 0) is 31.9 Å². The lowest BCUT2D eigenvalue weighted by atomic mass is 9.96. The molecule has 1 aromatic heterocycles. The fourth-order valence-corrected chi connectivity index (χ4v) is 3.33. The molecule has 1 atom stereocenters. The SMILES string of the molecule is Cc1ccc(C(=O)N2CCC[C@@H](C(=O)NCCc3nccn3C)C2)cc1. The van der Waals surface area contributed by atoms with E-state index in [0.717, 1.165) is 24.2 Å². The molecule has 1 aliphatic rings. The number of nitrogens with zero attached hydrogens (tertiary/aromatic N) is 3. The number of amides is 2. The minimum Gasteiger partial charge on any atom is -0.355 e. The first-order chi connectivity index (χ1) is 12.5. The molecule has 1 aliphatic heterocycles. The molecule has 1 fully saturated rings. The molecule has 0 aliphatic carbocycles. The second kappa shape index (κ2) is 8.17. The summed E-state index contributed by atoms with van der Waals surface area (Å²) in [5.74, 6) is 0.848. The van der Waals surface area contributed by atoms with Crippen molar-refractivity contribution in [2.45, 2.75) is 26.2 Å². The molecule has 6 heteroatoms. The van der Waals surface area contributed by atoms with E-state index in [9.17, 15) is 9.59 Å². The highest BCUT2D eigenvalue weighted by molar-refractivity contribution is 5.94. The Balaban J connectivity index is 1.52. The number of aromatic nitrogens is 2. The minimum atomic E-state index is -0.139. The van der Waals surface area contributed by atoms with E-state index in [-0.39, 0.29) is 17.7 Å². The Morgan fingerprint density at radius 3 is 2.73 bits per heavy atom. The Morgan fingerprint density at radius 1 is 1.27 bits per heavy atom. The lowest BCUT2D eigenvalue weighted by Gasteiger charge is -2.32. The standard InChI is InChI=1S/C20H26N4O2/c1-15-5-7-16(8-6-15)20(26)24-12-3-4-17(14-24)19(25)22-10-9-18-21-11-13-23(18)2/h5-8,11,13,17H,3-4,9-10,12,14H2,1-2H3,(H,22,25)/t17-/m1/s1. The predicted molar refractivity (Wildman–Crippen MR) is 99.7 cm³/mol. The number of hydrogen-bond acceptors (Lipinski definition) is 3.